The van der Waals surface area contributed by atoms with Crippen LogP contribution in [0.15, 0.2) is 0 Å². The van der Waals surface area contributed by atoms with Gasteiger partial charge in [0.2, 0.25) is 0 Å². The molecule has 1 heterocycles. The minimum Gasteiger partial charge on any atom is -0.379 e. The van der Waals surface area contributed by atoms with Crippen molar-refractivity contribution in [2.24, 2.45) is 0 Å². The summed E-state index contributed by atoms with van der Waals surface area (Å²) in [5.41, 5.74) is -0.603. The van der Waals surface area contributed by atoms with E-state index in [2.05, 4.69) is 4.90 Å². The van der Waals surface area contributed by atoms with Crippen LogP contribution in [0.4, 0.5) is 0 Å². The fourth-order valence-corrected chi connectivity index (χ4v) is 2.44. The molecule has 1 rings (SSSR count). The van der Waals surface area contributed by atoms with Gasteiger partial charge in [0.25, 0.3) is 0 Å². The number of Topliss-reactive ketones (excluding diaryl/α,β-unsaturated/α-hetero) is 1. The summed E-state index contributed by atoms with van der Waals surface area (Å²) in [5, 5.41) is 0. The van der Waals surface area contributed by atoms with E-state index in [4.69, 9.17) is 4.74 Å². The lowest BCUT2D eigenvalue weighted by Gasteiger charge is -2.39. The number of rotatable bonds is 5. The Balaban J connectivity index is 2.59. The highest BCUT2D eigenvalue weighted by Gasteiger charge is 2.34. The summed E-state index contributed by atoms with van der Waals surface area (Å²) in [6.45, 7) is 6.40. The molecule has 0 spiro atoms. The third-order valence-electron chi connectivity index (χ3n) is 3.18. The van der Waals surface area contributed by atoms with Crippen LogP contribution in [-0.4, -0.2) is 63.0 Å². The van der Waals surface area contributed by atoms with E-state index in [1.165, 1.54) is 0 Å². The SMILES string of the molecule is CC(C)(C(=O)CCS(C)(=O)=O)N1CCOCC1. The fraction of sp³-hybridized carbons (Fsp3) is 0.909. The average molecular weight is 263 g/mol. The Labute approximate surface area is 103 Å². The summed E-state index contributed by atoms with van der Waals surface area (Å²) >= 11 is 0. The molecule has 0 saturated carbocycles. The third-order valence-corrected chi connectivity index (χ3v) is 4.13. The number of carbonyl (C=O) groups is 1. The van der Waals surface area contributed by atoms with E-state index < -0.39 is 15.4 Å². The van der Waals surface area contributed by atoms with Crippen molar-refractivity contribution in [2.45, 2.75) is 25.8 Å². The van der Waals surface area contributed by atoms with Crippen molar-refractivity contribution in [3.8, 4) is 0 Å². The normalized spacial score (nSPS) is 19.2. The summed E-state index contributed by atoms with van der Waals surface area (Å²) in [6, 6.07) is 0. The highest BCUT2D eigenvalue weighted by Crippen LogP contribution is 2.19. The Hall–Kier alpha value is -0.460. The lowest BCUT2D eigenvalue weighted by Crippen LogP contribution is -2.54. The van der Waals surface area contributed by atoms with Crippen LogP contribution < -0.4 is 0 Å². The first-order valence-corrected chi connectivity index (χ1v) is 7.83. The zero-order chi connectivity index (χ0) is 13.1. The molecule has 0 aliphatic carbocycles. The number of hydrogen-bond acceptors (Lipinski definition) is 5. The summed E-state index contributed by atoms with van der Waals surface area (Å²) in [6.07, 6.45) is 1.24. The van der Waals surface area contributed by atoms with Crippen molar-refractivity contribution in [1.29, 1.82) is 0 Å². The van der Waals surface area contributed by atoms with E-state index in [1.54, 1.807) is 0 Å². The molecule has 0 radical (unpaired) electrons. The number of ketones is 1. The van der Waals surface area contributed by atoms with Crippen LogP contribution in [0.2, 0.25) is 0 Å². The smallest absolute Gasteiger partial charge is 0.153 e. The molecule has 0 N–H and O–H groups in total. The van der Waals surface area contributed by atoms with Gasteiger partial charge in [-0.25, -0.2) is 8.42 Å². The van der Waals surface area contributed by atoms with E-state index in [1.807, 2.05) is 13.8 Å². The average Bonchev–Trinajstić information content (AvgIpc) is 2.26. The molecule has 0 aromatic carbocycles. The van der Waals surface area contributed by atoms with Gasteiger partial charge in [-0.05, 0) is 13.8 Å². The van der Waals surface area contributed by atoms with E-state index in [9.17, 15) is 13.2 Å². The van der Waals surface area contributed by atoms with Gasteiger partial charge < -0.3 is 4.74 Å². The number of ether oxygens (including phenoxy) is 1. The molecule has 0 unspecified atom stereocenters. The largest absolute Gasteiger partial charge is 0.379 e. The molecule has 0 atom stereocenters. The van der Waals surface area contributed by atoms with Gasteiger partial charge in [0.05, 0.1) is 24.5 Å². The van der Waals surface area contributed by atoms with E-state index in [0.29, 0.717) is 13.2 Å². The summed E-state index contributed by atoms with van der Waals surface area (Å²) in [5.74, 6) is -0.0931. The number of nitrogens with zero attached hydrogens (tertiary/aromatic N) is 1. The Kier molecular flexibility index (Phi) is 4.69. The Morgan fingerprint density at radius 1 is 1.29 bits per heavy atom. The Bertz CT molecular complexity index is 369. The monoisotopic (exact) mass is 263 g/mol. The molecule has 17 heavy (non-hydrogen) atoms. The first-order chi connectivity index (χ1) is 7.73. The van der Waals surface area contributed by atoms with Gasteiger partial charge in [0.1, 0.15) is 9.84 Å². The molecule has 0 aromatic heterocycles. The number of carbonyl (C=O) groups excluding carboxylic acids is 1. The fourth-order valence-electron chi connectivity index (χ4n) is 1.88. The predicted molar refractivity (Wildman–Crippen MR) is 65.8 cm³/mol. The molecule has 0 bridgehead atoms. The van der Waals surface area contributed by atoms with Gasteiger partial charge in [0.15, 0.2) is 5.78 Å². The van der Waals surface area contributed by atoms with Crippen molar-refractivity contribution in [1.82, 2.24) is 4.90 Å². The summed E-state index contributed by atoms with van der Waals surface area (Å²) in [4.78, 5) is 14.1. The standard InChI is InChI=1S/C11H21NO4S/c1-11(2,12-5-7-16-8-6-12)10(13)4-9-17(3,14)15/h4-9H2,1-3H3. The topological polar surface area (TPSA) is 63.7 Å². The van der Waals surface area contributed by atoms with Gasteiger partial charge in [0, 0.05) is 25.8 Å². The molecule has 100 valence electrons. The second-order valence-corrected chi connectivity index (χ2v) is 7.22. The van der Waals surface area contributed by atoms with Crippen molar-refractivity contribution >= 4 is 15.6 Å². The van der Waals surface area contributed by atoms with Gasteiger partial charge in [-0.15, -0.1) is 0 Å². The highest BCUT2D eigenvalue weighted by molar-refractivity contribution is 7.90. The first-order valence-electron chi connectivity index (χ1n) is 5.77. The molecular weight excluding hydrogens is 242 g/mol. The Morgan fingerprint density at radius 3 is 2.29 bits per heavy atom. The second kappa shape index (κ2) is 5.46. The number of sulfone groups is 1. The number of morpholine rings is 1. The van der Waals surface area contributed by atoms with Crippen molar-refractivity contribution in [3.05, 3.63) is 0 Å². The molecule has 0 aromatic rings. The maximum atomic E-state index is 12.1. The molecule has 1 aliphatic heterocycles. The van der Waals surface area contributed by atoms with E-state index in [0.717, 1.165) is 19.3 Å². The summed E-state index contributed by atoms with van der Waals surface area (Å²) in [7, 11) is -3.07. The third kappa shape index (κ3) is 4.37. The van der Waals surface area contributed by atoms with Crippen molar-refractivity contribution in [3.63, 3.8) is 0 Å². The van der Waals surface area contributed by atoms with Crippen LogP contribution in [0.25, 0.3) is 0 Å². The van der Waals surface area contributed by atoms with Gasteiger partial charge in [-0.2, -0.15) is 0 Å². The lowest BCUT2D eigenvalue weighted by atomic mass is 9.94. The molecule has 6 heteroatoms. The molecule has 1 aliphatic rings. The molecule has 1 saturated heterocycles. The maximum Gasteiger partial charge on any atom is 0.153 e. The van der Waals surface area contributed by atoms with Crippen LogP contribution in [0.3, 0.4) is 0 Å². The van der Waals surface area contributed by atoms with Crippen molar-refractivity contribution < 1.29 is 17.9 Å². The van der Waals surface area contributed by atoms with Crippen LogP contribution in [0, 0.1) is 0 Å². The van der Waals surface area contributed by atoms with Gasteiger partial charge in [-0.3, -0.25) is 9.69 Å². The Morgan fingerprint density at radius 2 is 1.82 bits per heavy atom. The van der Waals surface area contributed by atoms with E-state index in [-0.39, 0.29) is 18.0 Å². The van der Waals surface area contributed by atoms with Crippen LogP contribution >= 0.6 is 0 Å². The van der Waals surface area contributed by atoms with Crippen LogP contribution in [0.5, 0.6) is 0 Å². The van der Waals surface area contributed by atoms with E-state index >= 15 is 0 Å². The lowest BCUT2D eigenvalue weighted by molar-refractivity contribution is -0.131. The minimum atomic E-state index is -3.07. The molecule has 0 amide bonds. The quantitative estimate of drug-likeness (QED) is 0.704. The summed E-state index contributed by atoms with van der Waals surface area (Å²) < 4.78 is 27.3. The predicted octanol–water partition coefficient (Wildman–Crippen LogP) is 0.101. The van der Waals surface area contributed by atoms with Gasteiger partial charge >= 0.3 is 0 Å². The molecule has 1 fully saturated rings. The van der Waals surface area contributed by atoms with Crippen LogP contribution in [-0.2, 0) is 19.4 Å². The zero-order valence-electron chi connectivity index (χ0n) is 10.7. The molecule has 5 nitrogen and oxygen atoms in total. The maximum absolute atomic E-state index is 12.1. The minimum absolute atomic E-state index is 0.0233. The molecular formula is C11H21NO4S. The van der Waals surface area contributed by atoms with Gasteiger partial charge in [-0.1, -0.05) is 0 Å². The second-order valence-electron chi connectivity index (χ2n) is 4.96. The van der Waals surface area contributed by atoms with Crippen molar-refractivity contribution in [2.75, 3.05) is 38.3 Å². The zero-order valence-corrected chi connectivity index (χ0v) is 11.5. The highest BCUT2D eigenvalue weighted by atomic mass is 32.2. The first kappa shape index (κ1) is 14.6. The van der Waals surface area contributed by atoms with Crippen LogP contribution in [0.1, 0.15) is 20.3 Å². The number of hydrogen-bond donors (Lipinski definition) is 0.